The standard InChI is InChI=1S/C13H7ClF4O/c14-10-6-8(2-4-12(10)19)7-1-3-11(15)9(5-7)13(16,17)18/h1-6,19H. The Bertz CT molecular complexity index is 623. The van der Waals surface area contributed by atoms with Crippen molar-refractivity contribution in [3.63, 3.8) is 0 Å². The van der Waals surface area contributed by atoms with Crippen molar-refractivity contribution in [2.75, 3.05) is 0 Å². The lowest BCUT2D eigenvalue weighted by Crippen LogP contribution is -2.08. The smallest absolute Gasteiger partial charge is 0.419 e. The minimum Gasteiger partial charge on any atom is -0.506 e. The summed E-state index contributed by atoms with van der Waals surface area (Å²) in [6.45, 7) is 0. The highest BCUT2D eigenvalue weighted by Gasteiger charge is 2.34. The summed E-state index contributed by atoms with van der Waals surface area (Å²) in [6, 6.07) is 6.64. The topological polar surface area (TPSA) is 20.2 Å². The molecular formula is C13H7ClF4O. The van der Waals surface area contributed by atoms with Crippen molar-refractivity contribution in [1.82, 2.24) is 0 Å². The molecule has 6 heteroatoms. The molecule has 0 aliphatic rings. The molecule has 2 aromatic carbocycles. The van der Waals surface area contributed by atoms with Gasteiger partial charge in [-0.25, -0.2) is 4.39 Å². The predicted molar refractivity (Wildman–Crippen MR) is 63.5 cm³/mol. The van der Waals surface area contributed by atoms with Crippen LogP contribution < -0.4 is 0 Å². The van der Waals surface area contributed by atoms with Gasteiger partial charge in [-0.2, -0.15) is 13.2 Å². The molecule has 0 saturated carbocycles. The van der Waals surface area contributed by atoms with Gasteiger partial charge in [0.05, 0.1) is 10.6 Å². The van der Waals surface area contributed by atoms with Crippen LogP contribution in [0.1, 0.15) is 5.56 Å². The lowest BCUT2D eigenvalue weighted by atomic mass is 10.0. The molecule has 100 valence electrons. The molecule has 1 N–H and O–H groups in total. The average molecular weight is 291 g/mol. The Morgan fingerprint density at radius 3 is 2.11 bits per heavy atom. The molecule has 2 rings (SSSR count). The number of phenolic OH excluding ortho intramolecular Hbond substituents is 1. The van der Waals surface area contributed by atoms with Gasteiger partial charge >= 0.3 is 6.18 Å². The van der Waals surface area contributed by atoms with Crippen LogP contribution in [0.2, 0.25) is 5.02 Å². The maximum atomic E-state index is 13.1. The largest absolute Gasteiger partial charge is 0.506 e. The Morgan fingerprint density at radius 1 is 0.947 bits per heavy atom. The second kappa shape index (κ2) is 4.74. The number of hydrogen-bond acceptors (Lipinski definition) is 1. The van der Waals surface area contributed by atoms with Gasteiger partial charge in [-0.05, 0) is 35.4 Å². The monoisotopic (exact) mass is 290 g/mol. The number of aromatic hydroxyl groups is 1. The van der Waals surface area contributed by atoms with Crippen molar-refractivity contribution in [3.05, 3.63) is 52.8 Å². The molecule has 0 saturated heterocycles. The van der Waals surface area contributed by atoms with Crippen LogP contribution in [0.15, 0.2) is 36.4 Å². The molecule has 0 aliphatic heterocycles. The summed E-state index contributed by atoms with van der Waals surface area (Å²) < 4.78 is 50.9. The minimum atomic E-state index is -4.76. The molecule has 0 aromatic heterocycles. The normalized spacial score (nSPS) is 11.6. The minimum absolute atomic E-state index is 0.00961. The van der Waals surface area contributed by atoms with Crippen molar-refractivity contribution in [1.29, 1.82) is 0 Å². The molecule has 0 unspecified atom stereocenters. The molecule has 2 aromatic rings. The van der Waals surface area contributed by atoms with Crippen LogP contribution in [0.3, 0.4) is 0 Å². The third-order valence-corrected chi connectivity index (χ3v) is 2.86. The van der Waals surface area contributed by atoms with Crippen molar-refractivity contribution in [2.45, 2.75) is 6.18 Å². The Labute approximate surface area is 111 Å². The zero-order valence-corrected chi connectivity index (χ0v) is 10.1. The maximum Gasteiger partial charge on any atom is 0.419 e. The third-order valence-electron chi connectivity index (χ3n) is 2.55. The zero-order valence-electron chi connectivity index (χ0n) is 9.30. The van der Waals surface area contributed by atoms with Crippen LogP contribution in [0.4, 0.5) is 17.6 Å². The van der Waals surface area contributed by atoms with Crippen LogP contribution in [0.5, 0.6) is 5.75 Å². The van der Waals surface area contributed by atoms with E-state index in [9.17, 15) is 22.7 Å². The van der Waals surface area contributed by atoms with Crippen molar-refractivity contribution in [2.24, 2.45) is 0 Å². The number of benzene rings is 2. The summed E-state index contributed by atoms with van der Waals surface area (Å²) in [5.74, 6) is -1.51. The maximum absolute atomic E-state index is 13.1. The molecule has 0 spiro atoms. The Balaban J connectivity index is 2.54. The molecule has 0 atom stereocenters. The number of hydrogen-bond donors (Lipinski definition) is 1. The second-order valence-corrected chi connectivity index (χ2v) is 4.27. The van der Waals surface area contributed by atoms with E-state index < -0.39 is 17.6 Å². The fourth-order valence-electron chi connectivity index (χ4n) is 1.61. The summed E-state index contributed by atoms with van der Waals surface area (Å²) in [5.41, 5.74) is -0.821. The van der Waals surface area contributed by atoms with E-state index in [0.29, 0.717) is 11.6 Å². The SMILES string of the molecule is Oc1ccc(-c2ccc(F)c(C(F)(F)F)c2)cc1Cl. The predicted octanol–water partition coefficient (Wildman–Crippen LogP) is 4.87. The van der Waals surface area contributed by atoms with E-state index in [1.807, 2.05) is 0 Å². The van der Waals surface area contributed by atoms with Crippen molar-refractivity contribution < 1.29 is 22.7 Å². The van der Waals surface area contributed by atoms with Crippen LogP contribution in [0, 0.1) is 5.82 Å². The Kier molecular flexibility index (Phi) is 3.41. The molecule has 0 amide bonds. The second-order valence-electron chi connectivity index (χ2n) is 3.86. The number of alkyl halides is 3. The highest BCUT2D eigenvalue weighted by molar-refractivity contribution is 6.32. The van der Waals surface area contributed by atoms with Crippen LogP contribution in [0.25, 0.3) is 11.1 Å². The first-order valence-electron chi connectivity index (χ1n) is 5.14. The Morgan fingerprint density at radius 2 is 1.53 bits per heavy atom. The Hall–Kier alpha value is -1.75. The van der Waals surface area contributed by atoms with E-state index in [2.05, 4.69) is 0 Å². The van der Waals surface area contributed by atoms with Gasteiger partial charge in [-0.15, -0.1) is 0 Å². The number of halogens is 5. The van der Waals surface area contributed by atoms with Crippen molar-refractivity contribution >= 4 is 11.6 Å². The lowest BCUT2D eigenvalue weighted by molar-refractivity contribution is -0.139. The first-order chi connectivity index (χ1) is 8.79. The van der Waals surface area contributed by atoms with Gasteiger partial charge < -0.3 is 5.11 Å². The summed E-state index contributed by atoms with van der Waals surface area (Å²) in [5, 5.41) is 9.26. The quantitative estimate of drug-likeness (QED) is 0.743. The summed E-state index contributed by atoms with van der Waals surface area (Å²) in [7, 11) is 0. The highest BCUT2D eigenvalue weighted by atomic mass is 35.5. The lowest BCUT2D eigenvalue weighted by Gasteiger charge is -2.10. The van der Waals surface area contributed by atoms with Gasteiger partial charge in [0.2, 0.25) is 0 Å². The first-order valence-corrected chi connectivity index (χ1v) is 5.52. The summed E-state index contributed by atoms with van der Waals surface area (Å²) in [6.07, 6.45) is -4.76. The molecule has 19 heavy (non-hydrogen) atoms. The number of rotatable bonds is 1. The molecule has 0 radical (unpaired) electrons. The third kappa shape index (κ3) is 2.81. The van der Waals surface area contributed by atoms with Gasteiger partial charge in [0, 0.05) is 0 Å². The highest BCUT2D eigenvalue weighted by Crippen LogP contribution is 2.35. The van der Waals surface area contributed by atoms with E-state index >= 15 is 0 Å². The van der Waals surface area contributed by atoms with E-state index in [1.54, 1.807) is 0 Å². The molecular weight excluding hydrogens is 284 g/mol. The fraction of sp³-hybridized carbons (Fsp3) is 0.0769. The summed E-state index contributed by atoms with van der Waals surface area (Å²) >= 11 is 5.68. The molecule has 1 nitrogen and oxygen atoms in total. The van der Waals surface area contributed by atoms with Crippen LogP contribution in [-0.4, -0.2) is 5.11 Å². The van der Waals surface area contributed by atoms with E-state index in [0.717, 1.165) is 6.07 Å². The molecule has 0 fully saturated rings. The zero-order chi connectivity index (χ0) is 14.2. The van der Waals surface area contributed by atoms with Crippen molar-refractivity contribution in [3.8, 4) is 16.9 Å². The summed E-state index contributed by atoms with van der Waals surface area (Å²) in [4.78, 5) is 0. The number of phenols is 1. The van der Waals surface area contributed by atoms with Gasteiger partial charge in [0.25, 0.3) is 0 Å². The molecule has 0 bridgehead atoms. The first kappa shape index (κ1) is 13.7. The van der Waals surface area contributed by atoms with E-state index in [1.165, 1.54) is 24.3 Å². The average Bonchev–Trinajstić information content (AvgIpc) is 2.32. The van der Waals surface area contributed by atoms with Crippen LogP contribution >= 0.6 is 11.6 Å². The van der Waals surface area contributed by atoms with E-state index in [4.69, 9.17) is 11.6 Å². The molecule has 0 aliphatic carbocycles. The van der Waals surface area contributed by atoms with Gasteiger partial charge in [0.15, 0.2) is 0 Å². The molecule has 0 heterocycles. The van der Waals surface area contributed by atoms with Crippen LogP contribution in [-0.2, 0) is 6.18 Å². The van der Waals surface area contributed by atoms with E-state index in [-0.39, 0.29) is 16.3 Å². The van der Waals surface area contributed by atoms with Gasteiger partial charge in [-0.1, -0.05) is 23.7 Å². The van der Waals surface area contributed by atoms with Gasteiger partial charge in [0.1, 0.15) is 11.6 Å². The van der Waals surface area contributed by atoms with Gasteiger partial charge in [-0.3, -0.25) is 0 Å². The fourth-order valence-corrected chi connectivity index (χ4v) is 1.79.